The molecule has 4 rings (SSSR count). The molecule has 4 heterocycles. The third kappa shape index (κ3) is 9.92. The molecule has 9 nitrogen and oxygen atoms in total. The molecule has 2 aromatic rings. The molecule has 0 radical (unpaired) electrons. The number of likely N-dealkylation sites (tertiary alicyclic amines) is 1. The zero-order valence-corrected chi connectivity index (χ0v) is 20.6. The number of aromatic nitrogens is 3. The second-order valence-electron chi connectivity index (χ2n) is 8.39. The van der Waals surface area contributed by atoms with E-state index in [9.17, 15) is 26.3 Å². The Hall–Kier alpha value is -2.72. The molecule has 208 valence electrons. The van der Waals surface area contributed by atoms with Crippen LogP contribution in [0.1, 0.15) is 41.6 Å². The van der Waals surface area contributed by atoms with Crippen molar-refractivity contribution in [3.8, 4) is 0 Å². The highest BCUT2D eigenvalue weighted by Gasteiger charge is 2.38. The van der Waals surface area contributed by atoms with Crippen LogP contribution < -0.4 is 0 Å². The number of hydrogen-bond acceptors (Lipinski definition) is 7. The van der Waals surface area contributed by atoms with E-state index in [2.05, 4.69) is 37.6 Å². The maximum Gasteiger partial charge on any atom is 0.490 e. The molecule has 16 heteroatoms. The summed E-state index contributed by atoms with van der Waals surface area (Å²) in [5, 5.41) is 18.8. The van der Waals surface area contributed by atoms with Crippen LogP contribution in [0.15, 0.2) is 17.8 Å². The molecule has 2 aliphatic heterocycles. The molecule has 0 bridgehead atoms. The van der Waals surface area contributed by atoms with E-state index in [0.717, 1.165) is 19.6 Å². The first kappa shape index (κ1) is 30.5. The van der Waals surface area contributed by atoms with Gasteiger partial charge < -0.3 is 15.1 Å². The van der Waals surface area contributed by atoms with Gasteiger partial charge in [0.1, 0.15) is 0 Å². The lowest BCUT2D eigenvalue weighted by molar-refractivity contribution is -0.193. The largest absolute Gasteiger partial charge is 0.490 e. The fourth-order valence-electron chi connectivity index (χ4n) is 3.82. The number of halogens is 6. The monoisotopic (exact) mass is 559 g/mol. The van der Waals surface area contributed by atoms with Gasteiger partial charge in [-0.25, -0.2) is 14.6 Å². The fourth-order valence-corrected chi connectivity index (χ4v) is 4.64. The van der Waals surface area contributed by atoms with Crippen LogP contribution in [0.2, 0.25) is 0 Å². The van der Waals surface area contributed by atoms with E-state index in [4.69, 9.17) is 19.8 Å². The molecule has 1 saturated heterocycles. The quantitative estimate of drug-likeness (QED) is 0.530. The van der Waals surface area contributed by atoms with Gasteiger partial charge in [-0.2, -0.15) is 31.4 Å². The Kier molecular flexibility index (Phi) is 10.9. The molecule has 1 unspecified atom stereocenters. The van der Waals surface area contributed by atoms with Crippen LogP contribution in [-0.2, 0) is 22.7 Å². The van der Waals surface area contributed by atoms with Crippen LogP contribution in [0.3, 0.4) is 0 Å². The molecule has 2 N–H and O–H groups in total. The molecule has 1 fully saturated rings. The molecule has 0 saturated carbocycles. The summed E-state index contributed by atoms with van der Waals surface area (Å²) in [5.41, 5.74) is 4.50. The van der Waals surface area contributed by atoms with Crippen molar-refractivity contribution in [2.75, 3.05) is 26.2 Å². The average Bonchev–Trinajstić information content (AvgIpc) is 3.55. The number of hydrogen-bond donors (Lipinski definition) is 2. The number of rotatable bonds is 5. The van der Waals surface area contributed by atoms with Crippen LogP contribution >= 0.6 is 11.3 Å². The van der Waals surface area contributed by atoms with E-state index >= 15 is 0 Å². The zero-order chi connectivity index (χ0) is 27.8. The summed E-state index contributed by atoms with van der Waals surface area (Å²) in [6.07, 6.45) is -4.27. The molecular formula is C21H27F6N5O4S. The second kappa shape index (κ2) is 13.2. The topological polar surface area (TPSA) is 112 Å². The van der Waals surface area contributed by atoms with Gasteiger partial charge in [-0.3, -0.25) is 9.58 Å². The summed E-state index contributed by atoms with van der Waals surface area (Å²) in [4.78, 5) is 28.8. The van der Waals surface area contributed by atoms with Crippen molar-refractivity contribution in [1.29, 1.82) is 0 Å². The van der Waals surface area contributed by atoms with Gasteiger partial charge in [-0.05, 0) is 45.3 Å². The lowest BCUT2D eigenvalue weighted by Gasteiger charge is -2.34. The van der Waals surface area contributed by atoms with Crippen molar-refractivity contribution in [1.82, 2.24) is 24.6 Å². The Bertz CT molecular complexity index is 996. The summed E-state index contributed by atoms with van der Waals surface area (Å²) in [6.45, 7) is 8.99. The van der Waals surface area contributed by atoms with E-state index in [1.165, 1.54) is 55.2 Å². The number of thiazole rings is 1. The number of aliphatic carboxylic acids is 2. The molecule has 1 atom stereocenters. The highest BCUT2D eigenvalue weighted by molar-refractivity contribution is 7.09. The molecule has 2 aromatic heterocycles. The number of carbonyl (C=O) groups is 2. The van der Waals surface area contributed by atoms with Gasteiger partial charge in [0, 0.05) is 37.3 Å². The molecule has 0 spiro atoms. The maximum absolute atomic E-state index is 10.6. The Morgan fingerprint density at radius 1 is 1.05 bits per heavy atom. The van der Waals surface area contributed by atoms with Crippen molar-refractivity contribution in [2.45, 2.75) is 57.7 Å². The van der Waals surface area contributed by atoms with Crippen LogP contribution in [0.5, 0.6) is 0 Å². The van der Waals surface area contributed by atoms with E-state index in [0.29, 0.717) is 6.04 Å². The highest BCUT2D eigenvalue weighted by atomic mass is 32.1. The summed E-state index contributed by atoms with van der Waals surface area (Å²) in [6, 6.07) is 2.68. The molecule has 0 amide bonds. The summed E-state index contributed by atoms with van der Waals surface area (Å²) in [5.74, 6) is -5.51. The van der Waals surface area contributed by atoms with E-state index in [1.54, 1.807) is 11.3 Å². The summed E-state index contributed by atoms with van der Waals surface area (Å²) in [7, 11) is 0. The summed E-state index contributed by atoms with van der Waals surface area (Å²) < 4.78 is 65.7. The predicted molar refractivity (Wildman–Crippen MR) is 120 cm³/mol. The minimum Gasteiger partial charge on any atom is -0.475 e. The maximum atomic E-state index is 10.6. The lowest BCUT2D eigenvalue weighted by Crippen LogP contribution is -2.38. The van der Waals surface area contributed by atoms with Gasteiger partial charge in [-0.1, -0.05) is 0 Å². The SMILES string of the molecule is Cc1ncsc1CN1Cc2ccnn2C(CCN2CCCC2)C1.O=C(O)C(F)(F)F.O=C(O)C(F)(F)F. The van der Waals surface area contributed by atoms with Crippen molar-refractivity contribution >= 4 is 23.3 Å². The van der Waals surface area contributed by atoms with Crippen LogP contribution in [-0.4, -0.2) is 85.2 Å². The predicted octanol–water partition coefficient (Wildman–Crippen LogP) is 3.96. The molecule has 0 aliphatic carbocycles. The number of carboxylic acids is 2. The van der Waals surface area contributed by atoms with Crippen molar-refractivity contribution in [2.24, 2.45) is 0 Å². The molecule has 0 aromatic carbocycles. The number of aryl methyl sites for hydroxylation is 1. The third-order valence-electron chi connectivity index (χ3n) is 5.63. The van der Waals surface area contributed by atoms with Gasteiger partial charge in [0.25, 0.3) is 0 Å². The highest BCUT2D eigenvalue weighted by Crippen LogP contribution is 2.26. The Morgan fingerprint density at radius 3 is 2.11 bits per heavy atom. The van der Waals surface area contributed by atoms with Crippen molar-refractivity contribution in [3.63, 3.8) is 0 Å². The van der Waals surface area contributed by atoms with Gasteiger partial charge in [-0.15, -0.1) is 11.3 Å². The normalized spacial score (nSPS) is 18.3. The standard InChI is InChI=1S/C17H25N5S.2C2HF3O2/c1-14-17(23-13-18-14)12-21-10-15-4-6-19-22(15)16(11-21)5-9-20-7-2-3-8-20;2*3-2(4,5)1(6)7/h4,6,13,16H,2-3,5,7-12H2,1H3;2*(H,6,7). The van der Waals surface area contributed by atoms with Crippen molar-refractivity contribution < 1.29 is 46.1 Å². The Balaban J connectivity index is 0.000000286. The van der Waals surface area contributed by atoms with Crippen LogP contribution in [0.4, 0.5) is 26.3 Å². The summed E-state index contributed by atoms with van der Waals surface area (Å²) >= 11 is 1.78. The van der Waals surface area contributed by atoms with Gasteiger partial charge >= 0.3 is 24.3 Å². The first-order chi connectivity index (χ1) is 17.2. The minimum atomic E-state index is -5.08. The van der Waals surface area contributed by atoms with E-state index in [-0.39, 0.29) is 0 Å². The number of nitrogens with zero attached hydrogens (tertiary/aromatic N) is 5. The number of fused-ring (bicyclic) bond motifs is 1. The number of carboxylic acid groups (broad SMARTS) is 2. The molecule has 2 aliphatic rings. The smallest absolute Gasteiger partial charge is 0.475 e. The molecular weight excluding hydrogens is 532 g/mol. The first-order valence-corrected chi connectivity index (χ1v) is 12.0. The Morgan fingerprint density at radius 2 is 1.62 bits per heavy atom. The van der Waals surface area contributed by atoms with E-state index < -0.39 is 24.3 Å². The van der Waals surface area contributed by atoms with Crippen LogP contribution in [0, 0.1) is 6.92 Å². The van der Waals surface area contributed by atoms with E-state index in [1.807, 2.05) is 11.7 Å². The van der Waals surface area contributed by atoms with Crippen molar-refractivity contribution in [3.05, 3.63) is 34.0 Å². The van der Waals surface area contributed by atoms with Gasteiger partial charge in [0.05, 0.1) is 22.9 Å². The minimum absolute atomic E-state index is 0.502. The Labute approximate surface area is 212 Å². The van der Waals surface area contributed by atoms with Gasteiger partial charge in [0.2, 0.25) is 0 Å². The van der Waals surface area contributed by atoms with Crippen LogP contribution in [0.25, 0.3) is 0 Å². The first-order valence-electron chi connectivity index (χ1n) is 11.1. The fraction of sp³-hybridized carbons (Fsp3) is 0.619. The second-order valence-corrected chi connectivity index (χ2v) is 9.33. The van der Waals surface area contributed by atoms with Gasteiger partial charge in [0.15, 0.2) is 0 Å². The molecule has 37 heavy (non-hydrogen) atoms. The number of alkyl halides is 6. The zero-order valence-electron chi connectivity index (χ0n) is 19.8. The third-order valence-corrected chi connectivity index (χ3v) is 6.55. The average molecular weight is 560 g/mol. The lowest BCUT2D eigenvalue weighted by atomic mass is 10.1.